The minimum absolute atomic E-state index is 0.0799. The van der Waals surface area contributed by atoms with Crippen molar-refractivity contribution in [3.8, 4) is 0 Å². The van der Waals surface area contributed by atoms with E-state index in [1.807, 2.05) is 5.32 Å². The van der Waals surface area contributed by atoms with Gasteiger partial charge in [0.25, 0.3) is 10.0 Å². The number of aromatic nitrogens is 1. The van der Waals surface area contributed by atoms with Gasteiger partial charge in [0, 0.05) is 18.7 Å². The molecule has 0 aliphatic rings. The summed E-state index contributed by atoms with van der Waals surface area (Å²) in [6, 6.07) is 5.31. The van der Waals surface area contributed by atoms with Crippen molar-refractivity contribution in [2.75, 3.05) is 16.6 Å². The molecule has 1 amide bonds. The van der Waals surface area contributed by atoms with Gasteiger partial charge in [0.05, 0.1) is 11.5 Å². The van der Waals surface area contributed by atoms with Crippen LogP contribution in [0.5, 0.6) is 0 Å². The van der Waals surface area contributed by atoms with Gasteiger partial charge in [0.2, 0.25) is 5.91 Å². The molecule has 0 bridgehead atoms. The smallest absolute Gasteiger partial charge is 0.441 e. The van der Waals surface area contributed by atoms with Crippen LogP contribution in [-0.2, 0) is 24.3 Å². The van der Waals surface area contributed by atoms with E-state index < -0.39 is 33.7 Å². The zero-order valence-corrected chi connectivity index (χ0v) is 17.3. The van der Waals surface area contributed by atoms with Crippen LogP contribution < -0.4 is 15.4 Å². The lowest BCUT2D eigenvalue weighted by Gasteiger charge is -2.35. The number of nitrogens with zero attached hydrogens (tertiary/aromatic N) is 1. The first-order chi connectivity index (χ1) is 14.3. The van der Waals surface area contributed by atoms with Gasteiger partial charge in [-0.15, -0.1) is 0 Å². The summed E-state index contributed by atoms with van der Waals surface area (Å²) in [7, 11) is -4.12. The molecule has 0 aliphatic carbocycles. The van der Waals surface area contributed by atoms with Gasteiger partial charge in [-0.3, -0.25) is 9.52 Å². The van der Waals surface area contributed by atoms with E-state index in [0.717, 1.165) is 31.2 Å². The molecule has 31 heavy (non-hydrogen) atoms. The fourth-order valence-electron chi connectivity index (χ4n) is 2.44. The summed E-state index contributed by atoms with van der Waals surface area (Å²) >= 11 is 0. The molecule has 0 saturated carbocycles. The number of benzene rings is 1. The van der Waals surface area contributed by atoms with E-state index in [2.05, 4.69) is 14.6 Å². The Balaban J connectivity index is 2.36. The number of carbonyl (C=O) groups excluding carboxylic acids is 2. The third kappa shape index (κ3) is 5.45. The number of nitrogens with one attached hydrogen (secondary N) is 3. The van der Waals surface area contributed by atoms with E-state index in [4.69, 9.17) is 4.52 Å². The summed E-state index contributed by atoms with van der Waals surface area (Å²) < 4.78 is 77.6. The van der Waals surface area contributed by atoms with Gasteiger partial charge < -0.3 is 19.9 Å². The number of rotatable bonds is 8. The minimum Gasteiger partial charge on any atom is -0.463 e. The summed E-state index contributed by atoms with van der Waals surface area (Å²) in [4.78, 5) is 23.2. The number of amides is 1. The maximum atomic E-state index is 13.8. The second kappa shape index (κ2) is 8.83. The highest BCUT2D eigenvalue weighted by Gasteiger charge is 2.63. The van der Waals surface area contributed by atoms with Gasteiger partial charge in [0.15, 0.2) is 5.82 Å². The van der Waals surface area contributed by atoms with Gasteiger partial charge in [-0.1, -0.05) is 5.16 Å². The monoisotopic (exact) mass is 464 g/mol. The lowest BCUT2D eigenvalue weighted by Crippen LogP contribution is -2.69. The van der Waals surface area contributed by atoms with Gasteiger partial charge in [-0.2, -0.15) is 13.2 Å². The first-order valence-electron chi connectivity index (χ1n) is 8.68. The molecule has 1 atom stereocenters. The zero-order valence-electron chi connectivity index (χ0n) is 16.5. The highest BCUT2D eigenvalue weighted by molar-refractivity contribution is 7.92. The fraction of sp³-hybridized carbons (Fsp3) is 0.353. The highest BCUT2D eigenvalue weighted by Crippen LogP contribution is 2.33. The van der Waals surface area contributed by atoms with Crippen LogP contribution in [-0.4, -0.2) is 43.9 Å². The SMILES string of the molecule is CCOC(=O)[C@](NC(C)=O)(Nc1ccc(S(=O)(=O)Nc2cc(C)on2)cc1)C(F)(F)F. The summed E-state index contributed by atoms with van der Waals surface area (Å²) in [5.74, 6) is -2.65. The number of hydrogen-bond acceptors (Lipinski definition) is 8. The topological polar surface area (TPSA) is 140 Å². The second-order valence-electron chi connectivity index (χ2n) is 6.23. The Bertz CT molecular complexity index is 1050. The standard InChI is InChI=1S/C17H19F3N4O6S/c1-4-29-15(26)16(17(18,19)20,21-11(3)25)22-12-5-7-13(8-6-12)31(27,28)24-14-9-10(2)30-23-14/h5-9,22H,4H2,1-3H3,(H,21,25)(H,23,24)/t16-/m0/s1. The minimum atomic E-state index is -5.29. The van der Waals surface area contributed by atoms with Crippen molar-refractivity contribution >= 4 is 33.4 Å². The van der Waals surface area contributed by atoms with Gasteiger partial charge in [-0.25, -0.2) is 13.2 Å². The Labute approximate surface area is 175 Å². The van der Waals surface area contributed by atoms with E-state index in [-0.39, 0.29) is 23.0 Å². The fourth-order valence-corrected chi connectivity index (χ4v) is 3.42. The zero-order chi connectivity index (χ0) is 23.4. The van der Waals surface area contributed by atoms with Crippen LogP contribution >= 0.6 is 0 Å². The number of anilines is 2. The lowest BCUT2D eigenvalue weighted by molar-refractivity contribution is -0.207. The summed E-state index contributed by atoms with van der Waals surface area (Å²) in [6.45, 7) is 3.28. The molecular formula is C17H19F3N4O6S. The van der Waals surface area contributed by atoms with Crippen LogP contribution in [0.25, 0.3) is 0 Å². The summed E-state index contributed by atoms with van der Waals surface area (Å²) in [5.41, 5.74) is -3.89. The van der Waals surface area contributed by atoms with Crippen molar-refractivity contribution in [2.24, 2.45) is 0 Å². The first-order valence-corrected chi connectivity index (χ1v) is 10.2. The predicted octanol–water partition coefficient (Wildman–Crippen LogP) is 2.15. The quantitative estimate of drug-likeness (QED) is 0.399. The Morgan fingerprint density at radius 1 is 1.19 bits per heavy atom. The number of hydrogen-bond donors (Lipinski definition) is 3. The summed E-state index contributed by atoms with van der Waals surface area (Å²) in [6.07, 6.45) is -5.29. The number of alkyl halides is 3. The molecule has 1 heterocycles. The third-order valence-electron chi connectivity index (χ3n) is 3.73. The molecule has 0 spiro atoms. The molecule has 3 N–H and O–H groups in total. The highest BCUT2D eigenvalue weighted by atomic mass is 32.2. The number of ether oxygens (including phenoxy) is 1. The van der Waals surface area contributed by atoms with Crippen LogP contribution in [0.1, 0.15) is 19.6 Å². The van der Waals surface area contributed by atoms with Crippen molar-refractivity contribution in [1.82, 2.24) is 10.5 Å². The van der Waals surface area contributed by atoms with Crippen LogP contribution in [0.4, 0.5) is 24.7 Å². The molecule has 0 unspecified atom stereocenters. The first kappa shape index (κ1) is 24.0. The van der Waals surface area contributed by atoms with Gasteiger partial charge in [0.1, 0.15) is 5.76 Å². The van der Waals surface area contributed by atoms with Gasteiger partial charge in [-0.05, 0) is 38.1 Å². The lowest BCUT2D eigenvalue weighted by atomic mass is 10.1. The normalized spacial score (nSPS) is 13.7. The molecule has 14 heteroatoms. The van der Waals surface area contributed by atoms with Crippen molar-refractivity contribution < 1.29 is 40.4 Å². The van der Waals surface area contributed by atoms with Crippen LogP contribution in [0.15, 0.2) is 39.8 Å². The van der Waals surface area contributed by atoms with Crippen molar-refractivity contribution in [3.05, 3.63) is 36.1 Å². The molecule has 10 nitrogen and oxygen atoms in total. The van der Waals surface area contributed by atoms with Crippen LogP contribution in [0, 0.1) is 6.92 Å². The average molecular weight is 464 g/mol. The third-order valence-corrected chi connectivity index (χ3v) is 5.10. The number of aryl methyl sites for hydroxylation is 1. The number of sulfonamides is 1. The molecule has 0 saturated heterocycles. The van der Waals surface area contributed by atoms with E-state index >= 15 is 0 Å². The molecule has 2 aromatic rings. The van der Waals surface area contributed by atoms with E-state index in [0.29, 0.717) is 5.76 Å². The Hall–Kier alpha value is -3.29. The average Bonchev–Trinajstić information content (AvgIpc) is 3.04. The molecule has 2 rings (SSSR count). The Morgan fingerprint density at radius 3 is 2.26 bits per heavy atom. The molecule has 1 aromatic heterocycles. The summed E-state index contributed by atoms with van der Waals surface area (Å²) in [5, 5.41) is 6.94. The molecular weight excluding hydrogens is 445 g/mol. The number of halogens is 3. The molecule has 0 radical (unpaired) electrons. The molecule has 170 valence electrons. The Kier molecular flexibility index (Phi) is 6.83. The van der Waals surface area contributed by atoms with Crippen molar-refractivity contribution in [3.63, 3.8) is 0 Å². The molecule has 1 aromatic carbocycles. The van der Waals surface area contributed by atoms with Crippen LogP contribution in [0.2, 0.25) is 0 Å². The number of carbonyl (C=O) groups is 2. The van der Waals surface area contributed by atoms with E-state index in [9.17, 15) is 31.2 Å². The maximum absolute atomic E-state index is 13.8. The van der Waals surface area contributed by atoms with Gasteiger partial charge >= 0.3 is 17.8 Å². The molecule has 0 aliphatic heterocycles. The maximum Gasteiger partial charge on any atom is 0.441 e. The van der Waals surface area contributed by atoms with Crippen molar-refractivity contribution in [1.29, 1.82) is 0 Å². The van der Waals surface area contributed by atoms with E-state index in [1.54, 1.807) is 12.2 Å². The van der Waals surface area contributed by atoms with E-state index in [1.165, 1.54) is 13.0 Å². The Morgan fingerprint density at radius 2 is 1.81 bits per heavy atom. The predicted molar refractivity (Wildman–Crippen MR) is 101 cm³/mol. The van der Waals surface area contributed by atoms with Crippen molar-refractivity contribution in [2.45, 2.75) is 37.5 Å². The second-order valence-corrected chi connectivity index (χ2v) is 7.91. The molecule has 0 fully saturated rings. The van der Waals surface area contributed by atoms with Crippen LogP contribution in [0.3, 0.4) is 0 Å². The largest absolute Gasteiger partial charge is 0.463 e. The number of esters is 1.